The van der Waals surface area contributed by atoms with Gasteiger partial charge in [0.05, 0.1) is 11.7 Å². The Hall–Kier alpha value is -0.900. The standard InChI is InChI=1S/C18H27NO2/c1-3-21-16-11-18(20,12-16)13-19-15-9-17(2,10-15)14-7-5-4-6-8-14/h4-8,15-16,19-20H,3,9-13H2,1-2H3. The Morgan fingerprint density at radius 1 is 1.19 bits per heavy atom. The molecule has 116 valence electrons. The maximum absolute atomic E-state index is 10.4. The van der Waals surface area contributed by atoms with Crippen LogP contribution in [-0.2, 0) is 10.2 Å². The van der Waals surface area contributed by atoms with Crippen LogP contribution in [-0.4, -0.2) is 36.0 Å². The SMILES string of the molecule is CCOC1CC(O)(CNC2CC(C)(c3ccccc3)C2)C1. The molecule has 2 aliphatic rings. The summed E-state index contributed by atoms with van der Waals surface area (Å²) < 4.78 is 5.52. The lowest BCUT2D eigenvalue weighted by molar-refractivity contribution is -0.136. The second-order valence-corrected chi connectivity index (χ2v) is 7.12. The van der Waals surface area contributed by atoms with Crippen molar-refractivity contribution >= 4 is 0 Å². The lowest BCUT2D eigenvalue weighted by atomic mass is 9.63. The molecule has 0 unspecified atom stereocenters. The molecule has 0 atom stereocenters. The second-order valence-electron chi connectivity index (χ2n) is 7.12. The molecule has 0 saturated heterocycles. The quantitative estimate of drug-likeness (QED) is 0.846. The van der Waals surface area contributed by atoms with Gasteiger partial charge in [-0.05, 0) is 30.7 Å². The van der Waals surface area contributed by atoms with E-state index in [0.29, 0.717) is 18.0 Å². The summed E-state index contributed by atoms with van der Waals surface area (Å²) in [5.41, 5.74) is 1.19. The molecule has 0 bridgehead atoms. The average Bonchev–Trinajstić information content (AvgIpc) is 2.42. The number of aliphatic hydroxyl groups is 1. The average molecular weight is 289 g/mol. The van der Waals surface area contributed by atoms with E-state index in [-0.39, 0.29) is 6.10 Å². The van der Waals surface area contributed by atoms with Gasteiger partial charge >= 0.3 is 0 Å². The highest BCUT2D eigenvalue weighted by Gasteiger charge is 2.46. The van der Waals surface area contributed by atoms with Gasteiger partial charge in [-0.25, -0.2) is 0 Å². The highest BCUT2D eigenvalue weighted by atomic mass is 16.5. The number of rotatable bonds is 6. The van der Waals surface area contributed by atoms with Gasteiger partial charge in [0.2, 0.25) is 0 Å². The van der Waals surface area contributed by atoms with Gasteiger partial charge in [-0.15, -0.1) is 0 Å². The summed E-state index contributed by atoms with van der Waals surface area (Å²) in [6.45, 7) is 5.79. The number of benzene rings is 1. The van der Waals surface area contributed by atoms with Crippen molar-refractivity contribution in [1.29, 1.82) is 0 Å². The van der Waals surface area contributed by atoms with E-state index in [4.69, 9.17) is 4.74 Å². The van der Waals surface area contributed by atoms with Crippen molar-refractivity contribution in [3.8, 4) is 0 Å². The fraction of sp³-hybridized carbons (Fsp3) is 0.667. The van der Waals surface area contributed by atoms with Crippen LogP contribution in [0.3, 0.4) is 0 Å². The molecule has 3 nitrogen and oxygen atoms in total. The smallest absolute Gasteiger partial charge is 0.0821 e. The summed E-state index contributed by atoms with van der Waals surface area (Å²) in [6, 6.07) is 11.3. The van der Waals surface area contributed by atoms with E-state index in [1.807, 2.05) is 6.92 Å². The molecule has 2 aliphatic carbocycles. The predicted octanol–water partition coefficient (Wildman–Crippen LogP) is 2.63. The van der Waals surface area contributed by atoms with Crippen LogP contribution in [0.5, 0.6) is 0 Å². The normalized spacial score (nSPS) is 38.6. The molecule has 0 amide bonds. The molecule has 2 fully saturated rings. The highest BCUT2D eigenvalue weighted by molar-refractivity contribution is 5.28. The van der Waals surface area contributed by atoms with Crippen molar-refractivity contribution in [2.75, 3.05) is 13.2 Å². The molecule has 0 heterocycles. The summed E-state index contributed by atoms with van der Waals surface area (Å²) in [7, 11) is 0. The molecule has 1 aromatic carbocycles. The molecular formula is C18H27NO2. The van der Waals surface area contributed by atoms with E-state index in [0.717, 1.165) is 32.3 Å². The minimum atomic E-state index is -0.543. The molecule has 3 heteroatoms. The second kappa shape index (κ2) is 5.71. The molecule has 1 aromatic rings. The fourth-order valence-corrected chi connectivity index (χ4v) is 3.87. The van der Waals surface area contributed by atoms with E-state index >= 15 is 0 Å². The van der Waals surface area contributed by atoms with Gasteiger partial charge in [-0.1, -0.05) is 37.3 Å². The number of ether oxygens (including phenoxy) is 1. The van der Waals surface area contributed by atoms with Crippen LogP contribution >= 0.6 is 0 Å². The van der Waals surface area contributed by atoms with Crippen LogP contribution in [0.4, 0.5) is 0 Å². The Bertz CT molecular complexity index is 461. The number of hydrogen-bond acceptors (Lipinski definition) is 3. The van der Waals surface area contributed by atoms with Crippen molar-refractivity contribution in [1.82, 2.24) is 5.32 Å². The van der Waals surface area contributed by atoms with Gasteiger partial charge in [0, 0.05) is 32.0 Å². The van der Waals surface area contributed by atoms with Gasteiger partial charge in [0.1, 0.15) is 0 Å². The first kappa shape index (κ1) is 15.0. The highest BCUT2D eigenvalue weighted by Crippen LogP contribution is 2.44. The summed E-state index contributed by atoms with van der Waals surface area (Å²) in [6.07, 6.45) is 4.12. The maximum atomic E-state index is 10.4. The maximum Gasteiger partial charge on any atom is 0.0821 e. The molecule has 2 saturated carbocycles. The van der Waals surface area contributed by atoms with Crippen LogP contribution in [0.15, 0.2) is 30.3 Å². The van der Waals surface area contributed by atoms with E-state index in [9.17, 15) is 5.11 Å². The number of nitrogens with one attached hydrogen (secondary N) is 1. The van der Waals surface area contributed by atoms with Gasteiger partial charge in [0.25, 0.3) is 0 Å². The topological polar surface area (TPSA) is 41.5 Å². The fourth-order valence-electron chi connectivity index (χ4n) is 3.87. The Morgan fingerprint density at radius 3 is 2.48 bits per heavy atom. The van der Waals surface area contributed by atoms with Crippen molar-refractivity contribution < 1.29 is 9.84 Å². The largest absolute Gasteiger partial charge is 0.388 e. The third-order valence-electron chi connectivity index (χ3n) is 5.20. The first-order valence-corrected chi connectivity index (χ1v) is 8.16. The molecule has 0 radical (unpaired) electrons. The van der Waals surface area contributed by atoms with Crippen LogP contribution in [0.25, 0.3) is 0 Å². The van der Waals surface area contributed by atoms with Crippen molar-refractivity contribution in [3.05, 3.63) is 35.9 Å². The summed E-state index contributed by atoms with van der Waals surface area (Å²) in [5, 5.41) is 13.9. The first-order chi connectivity index (χ1) is 10.0. The molecule has 21 heavy (non-hydrogen) atoms. The van der Waals surface area contributed by atoms with E-state index in [2.05, 4.69) is 42.6 Å². The molecule has 3 rings (SSSR count). The van der Waals surface area contributed by atoms with Crippen LogP contribution in [0.2, 0.25) is 0 Å². The third-order valence-corrected chi connectivity index (χ3v) is 5.20. The van der Waals surface area contributed by atoms with Gasteiger partial charge in [-0.3, -0.25) is 0 Å². The van der Waals surface area contributed by atoms with Crippen molar-refractivity contribution in [2.24, 2.45) is 0 Å². The van der Waals surface area contributed by atoms with Gasteiger partial charge < -0.3 is 15.2 Å². The van der Waals surface area contributed by atoms with Gasteiger partial charge in [-0.2, -0.15) is 0 Å². The van der Waals surface area contributed by atoms with E-state index in [1.165, 1.54) is 5.56 Å². The van der Waals surface area contributed by atoms with Crippen molar-refractivity contribution in [3.63, 3.8) is 0 Å². The summed E-state index contributed by atoms with van der Waals surface area (Å²) in [4.78, 5) is 0. The Kier molecular flexibility index (Phi) is 4.08. The molecule has 0 aromatic heterocycles. The van der Waals surface area contributed by atoms with Crippen LogP contribution < -0.4 is 5.32 Å². The number of hydrogen-bond donors (Lipinski definition) is 2. The zero-order chi connectivity index (χ0) is 14.9. The Labute approximate surface area is 127 Å². The zero-order valence-electron chi connectivity index (χ0n) is 13.1. The van der Waals surface area contributed by atoms with Crippen LogP contribution in [0, 0.1) is 0 Å². The van der Waals surface area contributed by atoms with E-state index in [1.54, 1.807) is 0 Å². The Morgan fingerprint density at radius 2 is 1.86 bits per heavy atom. The molecule has 0 spiro atoms. The minimum Gasteiger partial charge on any atom is -0.388 e. The molecule has 0 aliphatic heterocycles. The summed E-state index contributed by atoms with van der Waals surface area (Å²) in [5.74, 6) is 0. The first-order valence-electron chi connectivity index (χ1n) is 8.16. The summed E-state index contributed by atoms with van der Waals surface area (Å²) >= 11 is 0. The zero-order valence-corrected chi connectivity index (χ0v) is 13.1. The monoisotopic (exact) mass is 289 g/mol. The minimum absolute atomic E-state index is 0.262. The van der Waals surface area contributed by atoms with Crippen molar-refractivity contribution in [2.45, 2.75) is 62.7 Å². The van der Waals surface area contributed by atoms with E-state index < -0.39 is 5.60 Å². The van der Waals surface area contributed by atoms with Gasteiger partial charge in [0.15, 0.2) is 0 Å². The predicted molar refractivity (Wildman–Crippen MR) is 84.4 cm³/mol. The third kappa shape index (κ3) is 3.15. The van der Waals surface area contributed by atoms with Crippen LogP contribution in [0.1, 0.15) is 45.1 Å². The molecule has 2 N–H and O–H groups in total. The lowest BCUT2D eigenvalue weighted by Gasteiger charge is -2.49. The lowest BCUT2D eigenvalue weighted by Crippen LogP contribution is -2.59. The Balaban J connectivity index is 1.42. The molecular weight excluding hydrogens is 262 g/mol.